The van der Waals surface area contributed by atoms with Crippen LogP contribution in [0.3, 0.4) is 0 Å². The molecule has 2 heterocycles. The van der Waals surface area contributed by atoms with Crippen molar-refractivity contribution in [2.75, 3.05) is 7.05 Å². The Balaban J connectivity index is 2.09. The van der Waals surface area contributed by atoms with E-state index in [1.54, 1.807) is 7.05 Å². The second-order valence-electron chi connectivity index (χ2n) is 3.89. The van der Waals surface area contributed by atoms with Gasteiger partial charge >= 0.3 is 0 Å². The maximum Gasteiger partial charge on any atom is 0.254 e. The molecule has 94 valence electrons. The molecule has 0 bridgehead atoms. The molecular formula is C12H12FN3OS. The summed E-state index contributed by atoms with van der Waals surface area (Å²) in [7, 11) is 1.66. The molecule has 0 saturated heterocycles. The van der Waals surface area contributed by atoms with E-state index in [9.17, 15) is 9.18 Å². The summed E-state index contributed by atoms with van der Waals surface area (Å²) in [6.45, 7) is 2.32. The van der Waals surface area contributed by atoms with Crippen LogP contribution in [0.25, 0.3) is 0 Å². The predicted octanol–water partition coefficient (Wildman–Crippen LogP) is 2.26. The van der Waals surface area contributed by atoms with Gasteiger partial charge in [-0.25, -0.2) is 9.97 Å². The minimum absolute atomic E-state index is 0.248. The van der Waals surface area contributed by atoms with Gasteiger partial charge in [0.1, 0.15) is 0 Å². The molecule has 0 N–H and O–H groups in total. The summed E-state index contributed by atoms with van der Waals surface area (Å²) in [6.07, 6.45) is 1.28. The molecule has 0 aliphatic rings. The number of thiazole rings is 1. The van der Waals surface area contributed by atoms with Gasteiger partial charge in [-0.1, -0.05) is 0 Å². The van der Waals surface area contributed by atoms with Crippen molar-refractivity contribution < 1.29 is 9.18 Å². The van der Waals surface area contributed by atoms with Crippen LogP contribution in [0.15, 0.2) is 23.7 Å². The molecule has 0 atom stereocenters. The van der Waals surface area contributed by atoms with Crippen LogP contribution in [0, 0.1) is 12.9 Å². The smallest absolute Gasteiger partial charge is 0.254 e. The van der Waals surface area contributed by atoms with Crippen molar-refractivity contribution in [2.45, 2.75) is 13.5 Å². The number of nitrogens with zero attached hydrogens (tertiary/aromatic N) is 3. The van der Waals surface area contributed by atoms with Crippen molar-refractivity contribution in [2.24, 2.45) is 0 Å². The van der Waals surface area contributed by atoms with Crippen molar-refractivity contribution in [3.8, 4) is 0 Å². The van der Waals surface area contributed by atoms with Crippen molar-refractivity contribution >= 4 is 17.2 Å². The van der Waals surface area contributed by atoms with E-state index < -0.39 is 5.95 Å². The number of hydrogen-bond acceptors (Lipinski definition) is 4. The van der Waals surface area contributed by atoms with Crippen LogP contribution in [0.4, 0.5) is 4.39 Å². The molecule has 0 radical (unpaired) electrons. The first-order chi connectivity index (χ1) is 8.56. The molecule has 0 aromatic carbocycles. The molecule has 0 spiro atoms. The predicted molar refractivity (Wildman–Crippen MR) is 66.8 cm³/mol. The minimum atomic E-state index is -0.654. The molecule has 6 heteroatoms. The zero-order chi connectivity index (χ0) is 13.1. The normalized spacial score (nSPS) is 10.4. The standard InChI is InChI=1S/C12H12FN3OS/c1-8-15-10(7-18-8)6-16(2)12(17)9-3-4-14-11(13)5-9/h3-5,7H,6H2,1-2H3. The van der Waals surface area contributed by atoms with Gasteiger partial charge in [0.25, 0.3) is 5.91 Å². The second kappa shape index (κ2) is 5.22. The largest absolute Gasteiger partial charge is 0.336 e. The maximum absolute atomic E-state index is 12.9. The van der Waals surface area contributed by atoms with Gasteiger partial charge in [0, 0.05) is 30.3 Å². The molecule has 0 fully saturated rings. The van der Waals surface area contributed by atoms with Gasteiger partial charge in [-0.3, -0.25) is 4.79 Å². The number of aryl methyl sites for hydroxylation is 1. The molecule has 0 unspecified atom stereocenters. The lowest BCUT2D eigenvalue weighted by molar-refractivity contribution is 0.0783. The molecule has 1 amide bonds. The Hall–Kier alpha value is -1.82. The SMILES string of the molecule is Cc1nc(CN(C)C(=O)c2ccnc(F)c2)cs1. The lowest BCUT2D eigenvalue weighted by Crippen LogP contribution is -2.26. The monoisotopic (exact) mass is 265 g/mol. The topological polar surface area (TPSA) is 46.1 Å². The van der Waals surface area contributed by atoms with Gasteiger partial charge in [-0.2, -0.15) is 4.39 Å². The third kappa shape index (κ3) is 2.89. The van der Waals surface area contributed by atoms with E-state index >= 15 is 0 Å². The molecular weight excluding hydrogens is 253 g/mol. The first-order valence-corrected chi connectivity index (χ1v) is 6.22. The van der Waals surface area contributed by atoms with Crippen LogP contribution in [0.1, 0.15) is 21.1 Å². The number of pyridine rings is 1. The summed E-state index contributed by atoms with van der Waals surface area (Å²) in [6, 6.07) is 2.62. The number of rotatable bonds is 3. The number of halogens is 1. The lowest BCUT2D eigenvalue weighted by Gasteiger charge is -2.15. The Bertz CT molecular complexity index is 570. The number of hydrogen-bond donors (Lipinski definition) is 0. The fraction of sp³-hybridized carbons (Fsp3) is 0.250. The van der Waals surface area contributed by atoms with E-state index in [0.717, 1.165) is 16.8 Å². The minimum Gasteiger partial charge on any atom is -0.336 e. The quantitative estimate of drug-likeness (QED) is 0.800. The van der Waals surface area contributed by atoms with E-state index in [1.165, 1.54) is 28.5 Å². The summed E-state index contributed by atoms with van der Waals surface area (Å²) in [5, 5.41) is 2.87. The summed E-state index contributed by atoms with van der Waals surface area (Å²) >= 11 is 1.54. The number of amides is 1. The fourth-order valence-electron chi connectivity index (χ4n) is 1.55. The third-order valence-corrected chi connectivity index (χ3v) is 3.21. The summed E-state index contributed by atoms with van der Waals surface area (Å²) in [5.74, 6) is -0.902. The molecule has 2 aromatic rings. The van der Waals surface area contributed by atoms with Gasteiger partial charge in [0.05, 0.1) is 17.2 Å². The van der Waals surface area contributed by atoms with Crippen LogP contribution in [0.5, 0.6) is 0 Å². The molecule has 2 rings (SSSR count). The van der Waals surface area contributed by atoms with E-state index in [-0.39, 0.29) is 11.5 Å². The molecule has 0 aliphatic heterocycles. The van der Waals surface area contributed by atoms with Crippen LogP contribution < -0.4 is 0 Å². The van der Waals surface area contributed by atoms with Crippen LogP contribution in [-0.4, -0.2) is 27.8 Å². The average Bonchev–Trinajstić information content (AvgIpc) is 2.73. The molecule has 4 nitrogen and oxygen atoms in total. The fourth-order valence-corrected chi connectivity index (χ4v) is 2.16. The van der Waals surface area contributed by atoms with Crippen molar-refractivity contribution in [1.29, 1.82) is 0 Å². The van der Waals surface area contributed by atoms with Gasteiger partial charge < -0.3 is 4.90 Å². The summed E-state index contributed by atoms with van der Waals surface area (Å²) in [5.41, 5.74) is 1.12. The zero-order valence-electron chi connectivity index (χ0n) is 10.1. The highest BCUT2D eigenvalue weighted by Crippen LogP contribution is 2.12. The second-order valence-corrected chi connectivity index (χ2v) is 4.95. The Kier molecular flexibility index (Phi) is 3.66. The van der Waals surface area contributed by atoms with E-state index in [4.69, 9.17) is 0 Å². The zero-order valence-corrected chi connectivity index (χ0v) is 10.9. The molecule has 0 aliphatic carbocycles. The Morgan fingerprint density at radius 2 is 2.33 bits per heavy atom. The summed E-state index contributed by atoms with van der Waals surface area (Å²) in [4.78, 5) is 21.2. The van der Waals surface area contributed by atoms with Crippen molar-refractivity contribution in [1.82, 2.24) is 14.9 Å². The lowest BCUT2D eigenvalue weighted by atomic mass is 10.2. The Morgan fingerprint density at radius 3 is 2.94 bits per heavy atom. The Labute approximate surface area is 108 Å². The van der Waals surface area contributed by atoms with E-state index in [0.29, 0.717) is 6.54 Å². The molecule has 0 saturated carbocycles. The van der Waals surface area contributed by atoms with Crippen LogP contribution in [0.2, 0.25) is 0 Å². The van der Waals surface area contributed by atoms with Crippen molar-refractivity contribution in [3.63, 3.8) is 0 Å². The summed E-state index contributed by atoms with van der Waals surface area (Å²) < 4.78 is 12.9. The van der Waals surface area contributed by atoms with Gasteiger partial charge in [-0.15, -0.1) is 11.3 Å². The molecule has 2 aromatic heterocycles. The third-order valence-electron chi connectivity index (χ3n) is 2.39. The van der Waals surface area contributed by atoms with Gasteiger partial charge in [0.15, 0.2) is 0 Å². The highest BCUT2D eigenvalue weighted by Gasteiger charge is 2.13. The van der Waals surface area contributed by atoms with Crippen LogP contribution >= 0.6 is 11.3 Å². The highest BCUT2D eigenvalue weighted by molar-refractivity contribution is 7.09. The highest BCUT2D eigenvalue weighted by atomic mass is 32.1. The first kappa shape index (κ1) is 12.6. The number of aromatic nitrogens is 2. The van der Waals surface area contributed by atoms with E-state index in [1.807, 2.05) is 12.3 Å². The van der Waals surface area contributed by atoms with E-state index in [2.05, 4.69) is 9.97 Å². The first-order valence-electron chi connectivity index (χ1n) is 5.34. The van der Waals surface area contributed by atoms with Gasteiger partial charge in [-0.05, 0) is 13.0 Å². The Morgan fingerprint density at radius 1 is 1.56 bits per heavy atom. The average molecular weight is 265 g/mol. The van der Waals surface area contributed by atoms with Crippen LogP contribution in [-0.2, 0) is 6.54 Å². The maximum atomic E-state index is 12.9. The number of carbonyl (C=O) groups excluding carboxylic acids is 1. The number of carbonyl (C=O) groups is 1. The molecule has 18 heavy (non-hydrogen) atoms. The van der Waals surface area contributed by atoms with Gasteiger partial charge in [0.2, 0.25) is 5.95 Å². The van der Waals surface area contributed by atoms with Crippen molar-refractivity contribution in [3.05, 3.63) is 45.9 Å².